The topological polar surface area (TPSA) is 192 Å². The molecule has 6 rings (SSSR count). The summed E-state index contributed by atoms with van der Waals surface area (Å²) < 4.78 is 92.1. The summed E-state index contributed by atoms with van der Waals surface area (Å²) in [4.78, 5) is 61.4. The molecule has 7 unspecified atom stereocenters. The Bertz CT molecular complexity index is 2060. The van der Waals surface area contributed by atoms with E-state index in [0.29, 0.717) is 31.1 Å². The smallest absolute Gasteiger partial charge is 0.408 e. The number of hydrogen-bond donors (Lipinski definition) is 3. The normalized spacial score (nSPS) is 29.0. The number of carbonyl (C=O) groups is 4. The summed E-state index contributed by atoms with van der Waals surface area (Å²) >= 11 is 0. The summed E-state index contributed by atoms with van der Waals surface area (Å²) in [6.45, 7) is 6.48. The van der Waals surface area contributed by atoms with Crippen LogP contribution in [0.1, 0.15) is 73.1 Å². The lowest BCUT2D eigenvalue weighted by Crippen LogP contribution is -2.60. The van der Waals surface area contributed by atoms with E-state index in [1.165, 1.54) is 39.3 Å². The SMILES string of the molecule is COc1cc(F)cc2c(OC3CC4C(=O)NC5(C(=O)NS(=O)(=O)C6(C)CC6)CC5C=CCCC(C)OC(C)C(NC(=O)OC(C)(C)C(F)F)C(=O)N4C3)nccc12. The zero-order valence-corrected chi connectivity index (χ0v) is 33.3. The predicted octanol–water partition coefficient (Wildman–Crippen LogP) is 3.89. The number of halogens is 3. The van der Waals surface area contributed by atoms with Gasteiger partial charge in [-0.05, 0) is 78.9 Å². The third-order valence-electron chi connectivity index (χ3n) is 11.2. The molecule has 4 aliphatic rings. The van der Waals surface area contributed by atoms with Crippen LogP contribution >= 0.6 is 0 Å². The first-order valence-electron chi connectivity index (χ1n) is 18.8. The van der Waals surface area contributed by atoms with Crippen LogP contribution in [0, 0.1) is 11.7 Å². The van der Waals surface area contributed by atoms with Crippen molar-refractivity contribution in [3.63, 3.8) is 0 Å². The largest absolute Gasteiger partial charge is 0.496 e. The number of allylic oxidation sites excluding steroid dienone is 1. The molecule has 19 heteroatoms. The van der Waals surface area contributed by atoms with Gasteiger partial charge in [-0.25, -0.2) is 31.4 Å². The van der Waals surface area contributed by atoms with Gasteiger partial charge in [-0.3, -0.25) is 19.1 Å². The number of pyridine rings is 1. The quantitative estimate of drug-likeness (QED) is 0.311. The van der Waals surface area contributed by atoms with Crippen LogP contribution in [-0.2, 0) is 33.9 Å². The summed E-state index contributed by atoms with van der Waals surface area (Å²) in [6, 6.07) is 1.02. The van der Waals surface area contributed by atoms with Crippen LogP contribution in [0.2, 0.25) is 0 Å². The summed E-state index contributed by atoms with van der Waals surface area (Å²) in [5, 5.41) is 5.83. The summed E-state index contributed by atoms with van der Waals surface area (Å²) in [6.07, 6.45) is -0.570. The molecule has 2 aromatic rings. The van der Waals surface area contributed by atoms with E-state index in [9.17, 15) is 40.8 Å². The second kappa shape index (κ2) is 15.6. The van der Waals surface area contributed by atoms with Gasteiger partial charge in [-0.1, -0.05) is 12.2 Å². The fourth-order valence-corrected chi connectivity index (χ4v) is 8.47. The Morgan fingerprint density at radius 1 is 1.16 bits per heavy atom. The molecule has 1 saturated heterocycles. The van der Waals surface area contributed by atoms with Crippen LogP contribution in [0.25, 0.3) is 10.8 Å². The minimum absolute atomic E-state index is 0.0362. The first-order valence-corrected chi connectivity index (χ1v) is 20.3. The lowest BCUT2D eigenvalue weighted by molar-refractivity contribution is -0.145. The lowest BCUT2D eigenvalue weighted by Gasteiger charge is -2.33. The number of amides is 4. The van der Waals surface area contributed by atoms with E-state index in [0.717, 1.165) is 18.7 Å². The van der Waals surface area contributed by atoms with Crippen molar-refractivity contribution in [3.8, 4) is 11.6 Å². The number of alkyl halides is 2. The molecule has 1 aromatic heterocycles. The van der Waals surface area contributed by atoms with E-state index in [-0.39, 0.29) is 36.4 Å². The standard InChI is InChI=1S/C38H48F3N5O10S/c1-20-9-7-8-10-22-18-38(22,34(49)45-57(51,52)37(5)12-13-37)44-30(47)27-17-24(55-31-26-15-23(39)16-28(53-6)25(26)11-14-42-31)19-46(27)32(48)29(21(2)54-20)43-35(50)56-36(3,4)33(40)41/h8,10-11,14-16,20-22,24,27,29,33H,7,9,12-13,17-19H2,1-6H3,(H,43,50)(H,44,47)(H,45,49). The monoisotopic (exact) mass is 823 g/mol. The maximum atomic E-state index is 14.7. The Kier molecular flexibility index (Phi) is 11.5. The Labute approximate surface area is 328 Å². The molecule has 3 N–H and O–H groups in total. The molecule has 2 aliphatic carbocycles. The minimum atomic E-state index is -4.09. The molecule has 3 fully saturated rings. The first-order chi connectivity index (χ1) is 26.7. The van der Waals surface area contributed by atoms with Crippen LogP contribution in [0.4, 0.5) is 18.0 Å². The number of rotatable bonds is 9. The number of aromatic nitrogens is 1. The number of ether oxygens (including phenoxy) is 4. The van der Waals surface area contributed by atoms with Gasteiger partial charge in [0.05, 0.1) is 36.0 Å². The Hall–Kier alpha value is -4.65. The molecule has 4 amide bonds. The van der Waals surface area contributed by atoms with Crippen molar-refractivity contribution < 1.29 is 59.7 Å². The number of nitrogens with one attached hydrogen (secondary N) is 3. The van der Waals surface area contributed by atoms with E-state index in [1.54, 1.807) is 25.1 Å². The molecule has 0 radical (unpaired) electrons. The van der Waals surface area contributed by atoms with E-state index < -0.39 is 98.3 Å². The van der Waals surface area contributed by atoms with Crippen molar-refractivity contribution in [2.75, 3.05) is 13.7 Å². The lowest BCUT2D eigenvalue weighted by atomic mass is 10.1. The molecule has 3 heterocycles. The van der Waals surface area contributed by atoms with E-state index in [4.69, 9.17) is 18.9 Å². The zero-order valence-electron chi connectivity index (χ0n) is 32.5. The van der Waals surface area contributed by atoms with Crippen molar-refractivity contribution >= 4 is 44.6 Å². The fraction of sp³-hybridized carbons (Fsp3) is 0.605. The number of hydrogen-bond acceptors (Lipinski definition) is 11. The van der Waals surface area contributed by atoms with Crippen LogP contribution in [-0.4, -0.2) is 108 Å². The van der Waals surface area contributed by atoms with Crippen molar-refractivity contribution in [1.82, 2.24) is 25.2 Å². The number of benzene rings is 1. The van der Waals surface area contributed by atoms with Gasteiger partial charge in [0.1, 0.15) is 35.3 Å². The van der Waals surface area contributed by atoms with Gasteiger partial charge in [0.2, 0.25) is 27.7 Å². The molecule has 15 nitrogen and oxygen atoms in total. The predicted molar refractivity (Wildman–Crippen MR) is 198 cm³/mol. The van der Waals surface area contributed by atoms with Gasteiger partial charge in [0.15, 0.2) is 5.60 Å². The first kappa shape index (κ1) is 42.0. The molecule has 0 bridgehead atoms. The average Bonchev–Trinajstić information content (AvgIpc) is 4.01. The minimum Gasteiger partial charge on any atom is -0.496 e. The molecule has 7 atom stereocenters. The molecule has 2 aliphatic heterocycles. The highest BCUT2D eigenvalue weighted by molar-refractivity contribution is 7.91. The van der Waals surface area contributed by atoms with Gasteiger partial charge in [0.25, 0.3) is 12.3 Å². The number of nitrogens with zero attached hydrogens (tertiary/aromatic N) is 2. The summed E-state index contributed by atoms with van der Waals surface area (Å²) in [7, 11) is -2.72. The third kappa shape index (κ3) is 8.63. The van der Waals surface area contributed by atoms with E-state index in [1.807, 2.05) is 0 Å². The highest BCUT2D eigenvalue weighted by Gasteiger charge is 2.63. The number of sulfonamides is 1. The van der Waals surface area contributed by atoms with Gasteiger partial charge < -0.3 is 34.5 Å². The number of fused-ring (bicyclic) bond motifs is 3. The zero-order chi connectivity index (χ0) is 41.7. The van der Waals surface area contributed by atoms with Gasteiger partial charge in [-0.15, -0.1) is 0 Å². The third-order valence-corrected chi connectivity index (χ3v) is 13.3. The number of methoxy groups -OCH3 is 1. The van der Waals surface area contributed by atoms with Crippen molar-refractivity contribution in [2.24, 2.45) is 5.92 Å². The maximum absolute atomic E-state index is 14.7. The Balaban J connectivity index is 1.36. The highest BCUT2D eigenvalue weighted by Crippen LogP contribution is 2.47. The maximum Gasteiger partial charge on any atom is 0.408 e. The molecule has 57 heavy (non-hydrogen) atoms. The molecular weight excluding hydrogens is 776 g/mol. The molecule has 0 spiro atoms. The second-order valence-electron chi connectivity index (χ2n) is 16.0. The van der Waals surface area contributed by atoms with E-state index in [2.05, 4.69) is 20.3 Å². The molecule has 1 aromatic carbocycles. The Morgan fingerprint density at radius 3 is 2.54 bits per heavy atom. The highest BCUT2D eigenvalue weighted by atomic mass is 32.2. The van der Waals surface area contributed by atoms with Gasteiger partial charge in [0, 0.05) is 30.0 Å². The van der Waals surface area contributed by atoms with Crippen molar-refractivity contribution in [2.45, 2.75) is 126 Å². The second-order valence-corrected chi connectivity index (χ2v) is 18.2. The Morgan fingerprint density at radius 2 is 1.88 bits per heavy atom. The number of alkyl carbamates (subject to hydrolysis) is 1. The molecule has 312 valence electrons. The van der Waals surface area contributed by atoms with Crippen LogP contribution in [0.15, 0.2) is 36.5 Å². The van der Waals surface area contributed by atoms with E-state index >= 15 is 0 Å². The summed E-state index contributed by atoms with van der Waals surface area (Å²) in [5.41, 5.74) is -3.90. The van der Waals surface area contributed by atoms with Crippen LogP contribution < -0.4 is 24.8 Å². The average molecular weight is 824 g/mol. The molecular formula is C38H48F3N5O10S. The molecule has 2 saturated carbocycles. The van der Waals surface area contributed by atoms with Crippen LogP contribution in [0.3, 0.4) is 0 Å². The fourth-order valence-electron chi connectivity index (χ4n) is 7.16. The van der Waals surface area contributed by atoms with Gasteiger partial charge in [-0.2, -0.15) is 0 Å². The van der Waals surface area contributed by atoms with Crippen molar-refractivity contribution in [3.05, 3.63) is 42.4 Å². The van der Waals surface area contributed by atoms with Crippen LogP contribution in [0.5, 0.6) is 11.6 Å². The summed E-state index contributed by atoms with van der Waals surface area (Å²) in [5.74, 6) is -3.67. The van der Waals surface area contributed by atoms with Gasteiger partial charge >= 0.3 is 6.09 Å². The van der Waals surface area contributed by atoms with Crippen molar-refractivity contribution in [1.29, 1.82) is 0 Å². The number of carbonyl (C=O) groups excluding carboxylic acids is 4.